The van der Waals surface area contributed by atoms with Crippen molar-refractivity contribution < 1.29 is 4.79 Å². The molecule has 3 aromatic heterocycles. The van der Waals surface area contributed by atoms with E-state index in [2.05, 4.69) is 32.0 Å². The minimum atomic E-state index is -0.172. The smallest absolute Gasteiger partial charge is 0.198 e. The second-order valence-corrected chi connectivity index (χ2v) is 7.49. The normalized spacial score (nSPS) is 20.6. The molecule has 5 heterocycles. The number of anilines is 1. The van der Waals surface area contributed by atoms with Gasteiger partial charge in [-0.2, -0.15) is 0 Å². The average molecular weight is 367 g/mol. The lowest BCUT2D eigenvalue weighted by atomic mass is 9.90. The summed E-state index contributed by atoms with van der Waals surface area (Å²) in [6.07, 6.45) is 8.34. The highest BCUT2D eigenvalue weighted by atomic mass is 32.1. The molecule has 0 aromatic carbocycles. The SMILES string of the molecule is CCC12CCCN1c1nc(CC(=O)c3nccs3)ncc1-n1cnnc12. The first kappa shape index (κ1) is 15.6. The van der Waals surface area contributed by atoms with E-state index in [0.29, 0.717) is 10.8 Å². The topological polar surface area (TPSA) is 89.7 Å². The number of fused-ring (bicyclic) bond motifs is 6. The molecule has 0 spiro atoms. The molecule has 5 rings (SSSR count). The summed E-state index contributed by atoms with van der Waals surface area (Å²) in [6, 6.07) is 0. The van der Waals surface area contributed by atoms with Gasteiger partial charge < -0.3 is 4.90 Å². The van der Waals surface area contributed by atoms with E-state index < -0.39 is 0 Å². The minimum Gasteiger partial charge on any atom is -0.342 e. The van der Waals surface area contributed by atoms with Gasteiger partial charge in [-0.1, -0.05) is 6.92 Å². The Morgan fingerprint density at radius 3 is 3.12 bits per heavy atom. The highest BCUT2D eigenvalue weighted by molar-refractivity contribution is 7.11. The Hall–Kier alpha value is -2.68. The molecule has 0 radical (unpaired) electrons. The lowest BCUT2D eigenvalue weighted by Crippen LogP contribution is -2.46. The highest BCUT2D eigenvalue weighted by Gasteiger charge is 2.49. The van der Waals surface area contributed by atoms with Gasteiger partial charge in [0.05, 0.1) is 12.6 Å². The molecule has 9 heteroatoms. The van der Waals surface area contributed by atoms with Crippen LogP contribution >= 0.6 is 11.3 Å². The third-order valence-corrected chi connectivity index (χ3v) is 6.16. The molecular weight excluding hydrogens is 350 g/mol. The monoisotopic (exact) mass is 367 g/mol. The average Bonchev–Trinajstić information content (AvgIpc) is 3.41. The molecule has 1 fully saturated rings. The van der Waals surface area contributed by atoms with Crippen LogP contribution in [0.4, 0.5) is 5.82 Å². The van der Waals surface area contributed by atoms with Crippen molar-refractivity contribution in [3.05, 3.63) is 40.8 Å². The molecule has 3 aromatic rings. The number of thiazole rings is 1. The first-order valence-corrected chi connectivity index (χ1v) is 9.58. The third-order valence-electron chi connectivity index (χ3n) is 5.34. The fourth-order valence-electron chi connectivity index (χ4n) is 4.11. The summed E-state index contributed by atoms with van der Waals surface area (Å²) in [4.78, 5) is 28.0. The maximum Gasteiger partial charge on any atom is 0.198 e. The second kappa shape index (κ2) is 5.66. The van der Waals surface area contributed by atoms with Gasteiger partial charge in [0.2, 0.25) is 0 Å². The Bertz CT molecular complexity index is 983. The molecule has 0 amide bonds. The number of carbonyl (C=O) groups excluding carboxylic acids is 1. The zero-order valence-electron chi connectivity index (χ0n) is 14.3. The van der Waals surface area contributed by atoms with Crippen molar-refractivity contribution in [2.45, 2.75) is 38.1 Å². The van der Waals surface area contributed by atoms with Crippen molar-refractivity contribution in [3.8, 4) is 5.69 Å². The Kier molecular flexibility index (Phi) is 3.39. The molecule has 0 aliphatic carbocycles. The predicted octanol–water partition coefficient (Wildman–Crippen LogP) is 2.16. The predicted molar refractivity (Wildman–Crippen MR) is 95.6 cm³/mol. The van der Waals surface area contributed by atoms with Crippen LogP contribution in [0.15, 0.2) is 24.1 Å². The van der Waals surface area contributed by atoms with Crippen molar-refractivity contribution in [1.82, 2.24) is 29.7 Å². The zero-order chi connectivity index (χ0) is 17.7. The van der Waals surface area contributed by atoms with E-state index in [4.69, 9.17) is 4.98 Å². The van der Waals surface area contributed by atoms with Crippen molar-refractivity contribution in [2.24, 2.45) is 0 Å². The van der Waals surface area contributed by atoms with E-state index in [0.717, 1.165) is 43.1 Å². The molecular formula is C17H17N7OS. The first-order chi connectivity index (χ1) is 12.7. The van der Waals surface area contributed by atoms with Crippen LogP contribution < -0.4 is 4.90 Å². The number of ketones is 1. The molecule has 1 saturated heterocycles. The molecule has 26 heavy (non-hydrogen) atoms. The van der Waals surface area contributed by atoms with Crippen molar-refractivity contribution in [2.75, 3.05) is 11.4 Å². The Morgan fingerprint density at radius 2 is 2.31 bits per heavy atom. The number of carbonyl (C=O) groups is 1. The van der Waals surface area contributed by atoms with Crippen LogP contribution in [0.1, 0.15) is 47.6 Å². The molecule has 0 saturated carbocycles. The van der Waals surface area contributed by atoms with E-state index in [9.17, 15) is 4.79 Å². The van der Waals surface area contributed by atoms with Crippen LogP contribution in [0, 0.1) is 0 Å². The molecule has 0 N–H and O–H groups in total. The lowest BCUT2D eigenvalue weighted by molar-refractivity contribution is 0.0990. The summed E-state index contributed by atoms with van der Waals surface area (Å²) in [6.45, 7) is 3.10. The van der Waals surface area contributed by atoms with E-state index in [1.165, 1.54) is 11.3 Å². The first-order valence-electron chi connectivity index (χ1n) is 8.70. The molecule has 0 bridgehead atoms. The highest BCUT2D eigenvalue weighted by Crippen LogP contribution is 2.48. The summed E-state index contributed by atoms with van der Waals surface area (Å²) in [7, 11) is 0. The van der Waals surface area contributed by atoms with Gasteiger partial charge in [-0.15, -0.1) is 21.5 Å². The fraction of sp³-hybridized carbons (Fsp3) is 0.412. The van der Waals surface area contributed by atoms with Gasteiger partial charge in [-0.05, 0) is 19.3 Å². The summed E-state index contributed by atoms with van der Waals surface area (Å²) in [5, 5.41) is 10.8. The van der Waals surface area contributed by atoms with Gasteiger partial charge in [0.15, 0.2) is 22.4 Å². The summed E-state index contributed by atoms with van der Waals surface area (Å²) >= 11 is 1.34. The number of Topliss-reactive ketones (excluding diaryl/α,β-unsaturated/α-hetero) is 1. The van der Waals surface area contributed by atoms with Crippen LogP contribution in [-0.2, 0) is 12.0 Å². The number of rotatable bonds is 4. The summed E-state index contributed by atoms with van der Waals surface area (Å²) < 4.78 is 1.99. The Balaban J connectivity index is 1.58. The van der Waals surface area contributed by atoms with Gasteiger partial charge in [0.1, 0.15) is 23.4 Å². The molecule has 8 nitrogen and oxygen atoms in total. The van der Waals surface area contributed by atoms with Gasteiger partial charge in [-0.3, -0.25) is 9.36 Å². The van der Waals surface area contributed by atoms with Crippen molar-refractivity contribution in [3.63, 3.8) is 0 Å². The molecule has 1 unspecified atom stereocenters. The van der Waals surface area contributed by atoms with Gasteiger partial charge in [0.25, 0.3) is 0 Å². The molecule has 132 valence electrons. The maximum absolute atomic E-state index is 12.4. The van der Waals surface area contributed by atoms with Crippen molar-refractivity contribution >= 4 is 22.9 Å². The number of nitrogens with zero attached hydrogens (tertiary/aromatic N) is 7. The van der Waals surface area contributed by atoms with Gasteiger partial charge >= 0.3 is 0 Å². The number of hydrogen-bond donors (Lipinski definition) is 0. The maximum atomic E-state index is 12.4. The van der Waals surface area contributed by atoms with E-state index in [1.54, 1.807) is 24.1 Å². The molecule has 2 aliphatic heterocycles. The summed E-state index contributed by atoms with van der Waals surface area (Å²) in [5.74, 6) is 2.30. The zero-order valence-corrected chi connectivity index (χ0v) is 15.1. The van der Waals surface area contributed by atoms with Crippen molar-refractivity contribution in [1.29, 1.82) is 0 Å². The van der Waals surface area contributed by atoms with Gasteiger partial charge in [-0.25, -0.2) is 15.0 Å². The van der Waals surface area contributed by atoms with E-state index >= 15 is 0 Å². The number of hydrogen-bond acceptors (Lipinski definition) is 8. The third kappa shape index (κ3) is 2.06. The van der Waals surface area contributed by atoms with Crippen LogP contribution in [-0.4, -0.2) is 42.0 Å². The quantitative estimate of drug-likeness (QED) is 0.653. The van der Waals surface area contributed by atoms with E-state index in [-0.39, 0.29) is 17.7 Å². The molecule has 1 atom stereocenters. The Morgan fingerprint density at radius 1 is 1.38 bits per heavy atom. The van der Waals surface area contributed by atoms with Crippen LogP contribution in [0.25, 0.3) is 5.69 Å². The van der Waals surface area contributed by atoms with Crippen LogP contribution in [0.5, 0.6) is 0 Å². The second-order valence-electron chi connectivity index (χ2n) is 6.60. The van der Waals surface area contributed by atoms with Gasteiger partial charge in [0, 0.05) is 18.1 Å². The summed E-state index contributed by atoms with van der Waals surface area (Å²) in [5.41, 5.74) is 0.704. The van der Waals surface area contributed by atoms with Crippen LogP contribution in [0.2, 0.25) is 0 Å². The van der Waals surface area contributed by atoms with Crippen LogP contribution in [0.3, 0.4) is 0 Å². The standard InChI is InChI=1S/C17H17N7OS/c1-2-17-4-3-6-24(17)14-11(23-10-20-22-16(17)23)9-19-13(21-14)8-12(25)15-18-5-7-26-15/h5,7,9-10H,2-4,6,8H2,1H3. The number of aromatic nitrogens is 6. The largest absolute Gasteiger partial charge is 0.342 e. The minimum absolute atomic E-state index is 0.0519. The van der Waals surface area contributed by atoms with E-state index in [1.807, 2.05) is 4.57 Å². The fourth-order valence-corrected chi connectivity index (χ4v) is 4.69. The molecule has 2 aliphatic rings. The lowest BCUT2D eigenvalue weighted by Gasteiger charge is -2.42. The Labute approximate surface area is 154 Å².